The number of rotatable bonds is 8. The number of carbonyl (C=O) groups excluding carboxylic acids is 1. The molecule has 1 unspecified atom stereocenters. The standard InChI is InChI=1S/C18H19FN2O5/c1-18(17(23)24,13-3-5-14(19)6-4-13)21-16(22)12-7-8-20-15(11-12)26-10-9-25-2/h3-8,11H,9-10H2,1-2H3,(H,21,22)(H,23,24). The van der Waals surface area contributed by atoms with Gasteiger partial charge in [-0.15, -0.1) is 0 Å². The van der Waals surface area contributed by atoms with Gasteiger partial charge in [-0.2, -0.15) is 0 Å². The van der Waals surface area contributed by atoms with Crippen molar-refractivity contribution in [2.24, 2.45) is 0 Å². The zero-order chi connectivity index (χ0) is 19.2. The fraction of sp³-hybridized carbons (Fsp3) is 0.278. The minimum absolute atomic E-state index is 0.182. The molecule has 0 saturated carbocycles. The summed E-state index contributed by atoms with van der Waals surface area (Å²) < 4.78 is 23.3. The van der Waals surface area contributed by atoms with Crippen molar-refractivity contribution in [3.8, 4) is 5.88 Å². The molecule has 0 spiro atoms. The summed E-state index contributed by atoms with van der Waals surface area (Å²) in [7, 11) is 1.53. The van der Waals surface area contributed by atoms with E-state index >= 15 is 0 Å². The number of nitrogens with zero attached hydrogens (tertiary/aromatic N) is 1. The van der Waals surface area contributed by atoms with Gasteiger partial charge in [0.1, 0.15) is 12.4 Å². The average molecular weight is 362 g/mol. The molecule has 7 nitrogen and oxygen atoms in total. The Morgan fingerprint density at radius 3 is 2.54 bits per heavy atom. The van der Waals surface area contributed by atoms with E-state index in [1.165, 1.54) is 44.5 Å². The molecule has 0 radical (unpaired) electrons. The van der Waals surface area contributed by atoms with E-state index in [4.69, 9.17) is 9.47 Å². The number of nitrogens with one attached hydrogen (secondary N) is 1. The molecule has 138 valence electrons. The van der Waals surface area contributed by atoms with E-state index in [2.05, 4.69) is 10.3 Å². The number of aliphatic carboxylic acids is 1. The van der Waals surface area contributed by atoms with E-state index in [1.54, 1.807) is 0 Å². The second-order valence-electron chi connectivity index (χ2n) is 5.62. The third kappa shape index (κ3) is 4.54. The molecule has 2 rings (SSSR count). The number of halogens is 1. The number of carbonyl (C=O) groups is 2. The zero-order valence-electron chi connectivity index (χ0n) is 14.4. The van der Waals surface area contributed by atoms with Gasteiger partial charge in [-0.05, 0) is 30.7 Å². The Morgan fingerprint density at radius 1 is 1.23 bits per heavy atom. The summed E-state index contributed by atoms with van der Waals surface area (Å²) in [6.07, 6.45) is 1.38. The van der Waals surface area contributed by atoms with Crippen LogP contribution in [0.15, 0.2) is 42.6 Å². The van der Waals surface area contributed by atoms with Crippen molar-refractivity contribution in [2.75, 3.05) is 20.3 Å². The first-order valence-corrected chi connectivity index (χ1v) is 7.76. The number of ether oxygens (including phenoxy) is 2. The first-order valence-electron chi connectivity index (χ1n) is 7.76. The Kier molecular flexibility index (Phi) is 6.24. The highest BCUT2D eigenvalue weighted by Gasteiger charge is 2.37. The SMILES string of the molecule is COCCOc1cc(C(=O)NC(C)(C(=O)O)c2ccc(F)cc2)ccn1. The van der Waals surface area contributed by atoms with Crippen LogP contribution in [0.3, 0.4) is 0 Å². The summed E-state index contributed by atoms with van der Waals surface area (Å²) in [6.45, 7) is 1.95. The van der Waals surface area contributed by atoms with Gasteiger partial charge in [0.05, 0.1) is 6.61 Å². The Morgan fingerprint density at radius 2 is 1.92 bits per heavy atom. The van der Waals surface area contributed by atoms with Crippen LogP contribution in [0.4, 0.5) is 4.39 Å². The highest BCUT2D eigenvalue weighted by Crippen LogP contribution is 2.22. The van der Waals surface area contributed by atoms with Crippen LogP contribution in [0.1, 0.15) is 22.8 Å². The first kappa shape index (κ1) is 19.3. The summed E-state index contributed by atoms with van der Waals surface area (Å²) >= 11 is 0. The minimum Gasteiger partial charge on any atom is -0.479 e. The predicted molar refractivity (Wildman–Crippen MR) is 90.5 cm³/mol. The van der Waals surface area contributed by atoms with Crippen molar-refractivity contribution in [3.05, 3.63) is 59.5 Å². The zero-order valence-corrected chi connectivity index (χ0v) is 14.4. The van der Waals surface area contributed by atoms with Crippen LogP contribution in [-0.2, 0) is 15.1 Å². The maximum atomic E-state index is 13.1. The number of pyridine rings is 1. The lowest BCUT2D eigenvalue weighted by Crippen LogP contribution is -2.49. The second kappa shape index (κ2) is 8.39. The van der Waals surface area contributed by atoms with Crippen molar-refractivity contribution >= 4 is 11.9 Å². The molecule has 2 N–H and O–H groups in total. The van der Waals surface area contributed by atoms with Crippen LogP contribution in [0.5, 0.6) is 5.88 Å². The van der Waals surface area contributed by atoms with Crippen molar-refractivity contribution in [1.29, 1.82) is 0 Å². The lowest BCUT2D eigenvalue weighted by Gasteiger charge is -2.27. The van der Waals surface area contributed by atoms with Crippen LogP contribution in [-0.4, -0.2) is 42.3 Å². The maximum absolute atomic E-state index is 13.1. The van der Waals surface area contributed by atoms with Crippen LogP contribution >= 0.6 is 0 Å². The number of carboxylic acid groups (broad SMARTS) is 1. The maximum Gasteiger partial charge on any atom is 0.333 e. The molecule has 1 aromatic heterocycles. The van der Waals surface area contributed by atoms with E-state index in [0.717, 1.165) is 12.1 Å². The van der Waals surface area contributed by atoms with E-state index in [1.807, 2.05) is 0 Å². The Balaban J connectivity index is 2.21. The minimum atomic E-state index is -1.73. The van der Waals surface area contributed by atoms with E-state index < -0.39 is 23.2 Å². The number of hydrogen-bond acceptors (Lipinski definition) is 5. The molecule has 26 heavy (non-hydrogen) atoms. The second-order valence-corrected chi connectivity index (χ2v) is 5.62. The van der Waals surface area contributed by atoms with Gasteiger partial charge < -0.3 is 19.9 Å². The summed E-state index contributed by atoms with van der Waals surface area (Å²) in [4.78, 5) is 28.3. The van der Waals surface area contributed by atoms with E-state index in [-0.39, 0.29) is 23.6 Å². The third-order valence-corrected chi connectivity index (χ3v) is 3.75. The fourth-order valence-corrected chi connectivity index (χ4v) is 2.19. The topological polar surface area (TPSA) is 97.8 Å². The summed E-state index contributed by atoms with van der Waals surface area (Å²) in [5.41, 5.74) is -1.31. The van der Waals surface area contributed by atoms with Crippen LogP contribution in [0, 0.1) is 5.82 Å². The van der Waals surface area contributed by atoms with Crippen molar-refractivity contribution in [1.82, 2.24) is 10.3 Å². The van der Waals surface area contributed by atoms with Crippen LogP contribution in [0.25, 0.3) is 0 Å². The Bertz CT molecular complexity index is 781. The van der Waals surface area contributed by atoms with Crippen molar-refractivity contribution in [3.63, 3.8) is 0 Å². The molecule has 0 fully saturated rings. The Labute approximate surface area is 149 Å². The molecule has 0 aliphatic rings. The number of methoxy groups -OCH3 is 1. The summed E-state index contributed by atoms with van der Waals surface area (Å²) in [5.74, 6) is -2.19. The number of carboxylic acids is 1. The number of hydrogen-bond donors (Lipinski definition) is 2. The van der Waals surface area contributed by atoms with Gasteiger partial charge in [0, 0.05) is 24.9 Å². The Hall–Kier alpha value is -3.00. The molecule has 1 atom stereocenters. The summed E-state index contributed by atoms with van der Waals surface area (Å²) in [6, 6.07) is 7.74. The molecule has 0 aliphatic carbocycles. The van der Waals surface area contributed by atoms with Gasteiger partial charge in [-0.25, -0.2) is 14.2 Å². The quantitative estimate of drug-likeness (QED) is 0.697. The van der Waals surface area contributed by atoms with Gasteiger partial charge in [-0.3, -0.25) is 4.79 Å². The molecule has 0 aliphatic heterocycles. The van der Waals surface area contributed by atoms with Gasteiger partial charge in [-0.1, -0.05) is 12.1 Å². The van der Waals surface area contributed by atoms with Crippen LogP contribution in [0.2, 0.25) is 0 Å². The highest BCUT2D eigenvalue weighted by molar-refractivity contribution is 5.98. The number of aromatic nitrogens is 1. The fourth-order valence-electron chi connectivity index (χ4n) is 2.19. The summed E-state index contributed by atoms with van der Waals surface area (Å²) in [5, 5.41) is 12.1. The molecule has 8 heteroatoms. The molecule has 0 saturated heterocycles. The smallest absolute Gasteiger partial charge is 0.333 e. The van der Waals surface area contributed by atoms with E-state index in [0.29, 0.717) is 6.61 Å². The lowest BCUT2D eigenvalue weighted by atomic mass is 9.91. The van der Waals surface area contributed by atoms with Gasteiger partial charge in [0.15, 0.2) is 5.54 Å². The number of amides is 1. The van der Waals surface area contributed by atoms with Crippen LogP contribution < -0.4 is 10.1 Å². The highest BCUT2D eigenvalue weighted by atomic mass is 19.1. The van der Waals surface area contributed by atoms with Crippen molar-refractivity contribution in [2.45, 2.75) is 12.5 Å². The number of benzene rings is 1. The molecule has 2 aromatic rings. The molecule has 1 heterocycles. The molecule has 0 bridgehead atoms. The van der Waals surface area contributed by atoms with Gasteiger partial charge in [0.25, 0.3) is 5.91 Å². The third-order valence-electron chi connectivity index (χ3n) is 3.75. The lowest BCUT2D eigenvalue weighted by molar-refractivity contribution is -0.144. The molecular formula is C18H19FN2O5. The first-order chi connectivity index (χ1) is 12.4. The average Bonchev–Trinajstić information content (AvgIpc) is 2.62. The molecule has 1 amide bonds. The largest absolute Gasteiger partial charge is 0.479 e. The van der Waals surface area contributed by atoms with Crippen molar-refractivity contribution < 1.29 is 28.6 Å². The predicted octanol–water partition coefficient (Wildman–Crippen LogP) is 1.98. The monoisotopic (exact) mass is 362 g/mol. The molecule has 1 aromatic carbocycles. The van der Waals surface area contributed by atoms with Gasteiger partial charge >= 0.3 is 5.97 Å². The molecular weight excluding hydrogens is 343 g/mol. The normalized spacial score (nSPS) is 12.9. The van der Waals surface area contributed by atoms with E-state index in [9.17, 15) is 19.1 Å². The van der Waals surface area contributed by atoms with Gasteiger partial charge in [0.2, 0.25) is 5.88 Å².